The van der Waals surface area contributed by atoms with Gasteiger partial charge in [-0.1, -0.05) is 69.2 Å². The van der Waals surface area contributed by atoms with E-state index in [0.717, 1.165) is 40.6 Å². The number of nitrogens with zero attached hydrogens (tertiary/aromatic N) is 1. The fourth-order valence-electron chi connectivity index (χ4n) is 4.24. The second-order valence-corrected chi connectivity index (χ2v) is 7.98. The molecule has 1 aliphatic carbocycles. The summed E-state index contributed by atoms with van der Waals surface area (Å²) in [6.45, 7) is 5.97. The zero-order valence-corrected chi connectivity index (χ0v) is 18.0. The van der Waals surface area contributed by atoms with Gasteiger partial charge in [0.15, 0.2) is 6.10 Å². The van der Waals surface area contributed by atoms with Gasteiger partial charge >= 0.3 is 6.18 Å². The molecule has 3 aromatic rings. The third-order valence-corrected chi connectivity index (χ3v) is 5.81. The molecule has 2 aromatic carbocycles. The maximum Gasteiger partial charge on any atom is 0.414 e. The van der Waals surface area contributed by atoms with Crippen LogP contribution in [-0.4, -0.2) is 22.0 Å². The Morgan fingerprint density at radius 3 is 2.27 bits per heavy atom. The number of aliphatic hydroxyl groups is 1. The quantitative estimate of drug-likeness (QED) is 0.476. The Hall–Kier alpha value is -2.27. The lowest BCUT2D eigenvalue weighted by Crippen LogP contribution is -2.35. The van der Waals surface area contributed by atoms with Gasteiger partial charge < -0.3 is 9.67 Å². The van der Waals surface area contributed by atoms with Crippen molar-refractivity contribution in [1.29, 1.82) is 0 Å². The van der Waals surface area contributed by atoms with Gasteiger partial charge in [0, 0.05) is 23.9 Å². The molecule has 1 aliphatic rings. The molecule has 1 N–H and O–H groups in total. The number of benzene rings is 2. The van der Waals surface area contributed by atoms with Gasteiger partial charge in [0.1, 0.15) is 0 Å². The molecule has 30 heavy (non-hydrogen) atoms. The minimum Gasteiger partial charge on any atom is -0.383 e. The zero-order chi connectivity index (χ0) is 22.1. The summed E-state index contributed by atoms with van der Waals surface area (Å²) in [4.78, 5) is 0. The third kappa shape index (κ3) is 4.41. The molecule has 0 radical (unpaired) electrons. The van der Waals surface area contributed by atoms with Crippen molar-refractivity contribution in [2.24, 2.45) is 13.0 Å². The van der Waals surface area contributed by atoms with Crippen LogP contribution in [0.25, 0.3) is 22.2 Å². The van der Waals surface area contributed by atoms with Crippen LogP contribution in [0.15, 0.2) is 48.5 Å². The Labute approximate surface area is 176 Å². The van der Waals surface area contributed by atoms with Crippen molar-refractivity contribution in [3.05, 3.63) is 59.7 Å². The lowest BCUT2D eigenvalue weighted by atomic mass is 9.84. The molecule has 0 bridgehead atoms. The molecule has 0 spiro atoms. The van der Waals surface area contributed by atoms with Crippen LogP contribution in [0.1, 0.15) is 50.2 Å². The van der Waals surface area contributed by atoms with Crippen LogP contribution in [0.2, 0.25) is 0 Å². The zero-order valence-electron chi connectivity index (χ0n) is 18.0. The van der Waals surface area contributed by atoms with Gasteiger partial charge in [-0.15, -0.1) is 0 Å². The van der Waals surface area contributed by atoms with E-state index in [4.69, 9.17) is 0 Å². The predicted molar refractivity (Wildman–Crippen MR) is 117 cm³/mol. The third-order valence-electron chi connectivity index (χ3n) is 5.81. The van der Waals surface area contributed by atoms with Crippen molar-refractivity contribution in [2.45, 2.75) is 58.2 Å². The summed E-state index contributed by atoms with van der Waals surface area (Å²) >= 11 is 0. The lowest BCUT2D eigenvalue weighted by Gasteiger charge is -2.26. The summed E-state index contributed by atoms with van der Waals surface area (Å²) in [7, 11) is 1.89. The van der Waals surface area contributed by atoms with E-state index < -0.39 is 18.2 Å². The van der Waals surface area contributed by atoms with Crippen LogP contribution in [0.5, 0.6) is 0 Å². The molecule has 1 saturated carbocycles. The number of aliphatic hydroxyl groups excluding tert-OH is 1. The van der Waals surface area contributed by atoms with Crippen LogP contribution in [0.4, 0.5) is 13.2 Å². The van der Waals surface area contributed by atoms with Crippen molar-refractivity contribution in [1.82, 2.24) is 4.57 Å². The second-order valence-electron chi connectivity index (χ2n) is 7.98. The standard InChI is InChI=1S/C23H24F3NO.C2H6/c1-14-8-11-17-19(12-14)27(2)21(16-6-4-3-5-7-16)20(17)18(13-15-9-10-15)22(28)23(24,25)26;1-2/h3-8,11-12,15,18,22,28H,9-10,13H2,1-2H3;1-2H3. The fourth-order valence-corrected chi connectivity index (χ4v) is 4.24. The first-order chi connectivity index (χ1) is 14.3. The average molecular weight is 418 g/mol. The first-order valence-corrected chi connectivity index (χ1v) is 10.7. The number of hydrogen-bond donors (Lipinski definition) is 1. The Kier molecular flexibility index (Phi) is 6.61. The highest BCUT2D eigenvalue weighted by Gasteiger charge is 2.47. The van der Waals surface area contributed by atoms with Gasteiger partial charge in [-0.3, -0.25) is 0 Å². The number of alkyl halides is 3. The van der Waals surface area contributed by atoms with Crippen LogP contribution in [-0.2, 0) is 7.05 Å². The lowest BCUT2D eigenvalue weighted by molar-refractivity contribution is -0.211. The summed E-state index contributed by atoms with van der Waals surface area (Å²) < 4.78 is 42.8. The van der Waals surface area contributed by atoms with Crippen LogP contribution < -0.4 is 0 Å². The van der Waals surface area contributed by atoms with E-state index >= 15 is 0 Å². The van der Waals surface area contributed by atoms with Gasteiger partial charge in [-0.05, 0) is 42.0 Å². The monoisotopic (exact) mass is 417 g/mol. The summed E-state index contributed by atoms with van der Waals surface area (Å²) in [5.41, 5.74) is 4.18. The molecule has 2 unspecified atom stereocenters. The van der Waals surface area contributed by atoms with E-state index in [1.54, 1.807) is 0 Å². The summed E-state index contributed by atoms with van der Waals surface area (Å²) in [6.07, 6.45) is -4.80. The van der Waals surface area contributed by atoms with Crippen molar-refractivity contribution < 1.29 is 18.3 Å². The van der Waals surface area contributed by atoms with Gasteiger partial charge in [0.25, 0.3) is 0 Å². The molecular formula is C25H30F3NO. The average Bonchev–Trinajstić information content (AvgIpc) is 3.51. The Morgan fingerprint density at radius 1 is 1.07 bits per heavy atom. The van der Waals surface area contributed by atoms with E-state index in [1.165, 1.54) is 0 Å². The Balaban J connectivity index is 0.00000124. The van der Waals surface area contributed by atoms with E-state index in [2.05, 4.69) is 0 Å². The number of hydrogen-bond acceptors (Lipinski definition) is 1. The maximum atomic E-state index is 13.6. The highest BCUT2D eigenvalue weighted by atomic mass is 19.4. The molecule has 5 heteroatoms. The molecule has 0 saturated heterocycles. The molecule has 2 atom stereocenters. The van der Waals surface area contributed by atoms with E-state index in [1.807, 2.05) is 80.9 Å². The summed E-state index contributed by atoms with van der Waals surface area (Å²) in [5.74, 6) is -0.722. The molecule has 0 aliphatic heterocycles. The number of aromatic nitrogens is 1. The van der Waals surface area contributed by atoms with E-state index in [-0.39, 0.29) is 5.92 Å². The number of aryl methyl sites for hydroxylation is 2. The van der Waals surface area contributed by atoms with E-state index in [0.29, 0.717) is 12.0 Å². The first-order valence-electron chi connectivity index (χ1n) is 10.7. The van der Waals surface area contributed by atoms with Crippen LogP contribution in [0.3, 0.4) is 0 Å². The smallest absolute Gasteiger partial charge is 0.383 e. The maximum absolute atomic E-state index is 13.6. The van der Waals surface area contributed by atoms with Crippen LogP contribution in [0, 0.1) is 12.8 Å². The van der Waals surface area contributed by atoms with E-state index in [9.17, 15) is 18.3 Å². The van der Waals surface area contributed by atoms with Crippen molar-refractivity contribution in [3.63, 3.8) is 0 Å². The van der Waals surface area contributed by atoms with Gasteiger partial charge in [0.05, 0.1) is 5.69 Å². The second kappa shape index (κ2) is 8.84. The van der Waals surface area contributed by atoms with Gasteiger partial charge in [-0.2, -0.15) is 13.2 Å². The molecule has 1 aromatic heterocycles. The van der Waals surface area contributed by atoms with Crippen molar-refractivity contribution in [2.75, 3.05) is 0 Å². The molecular weight excluding hydrogens is 387 g/mol. The molecule has 0 amide bonds. The van der Waals surface area contributed by atoms with Gasteiger partial charge in [0.2, 0.25) is 0 Å². The first kappa shape index (κ1) is 22.4. The molecule has 2 nitrogen and oxygen atoms in total. The normalized spacial score (nSPS) is 16.1. The summed E-state index contributed by atoms with van der Waals surface area (Å²) in [6, 6.07) is 15.3. The number of rotatable bonds is 5. The number of fused-ring (bicyclic) bond motifs is 1. The molecule has 162 valence electrons. The summed E-state index contributed by atoms with van der Waals surface area (Å²) in [5, 5.41) is 11.1. The highest BCUT2D eigenvalue weighted by molar-refractivity contribution is 5.93. The van der Waals surface area contributed by atoms with Crippen molar-refractivity contribution >= 4 is 10.9 Å². The minimum atomic E-state index is -4.65. The highest BCUT2D eigenvalue weighted by Crippen LogP contribution is 2.48. The molecule has 4 rings (SSSR count). The van der Waals surface area contributed by atoms with Crippen molar-refractivity contribution in [3.8, 4) is 11.3 Å². The molecule has 1 heterocycles. The Morgan fingerprint density at radius 2 is 1.70 bits per heavy atom. The largest absolute Gasteiger partial charge is 0.414 e. The number of halogens is 3. The topological polar surface area (TPSA) is 25.2 Å². The molecule has 1 fully saturated rings. The SMILES string of the molecule is CC.Cc1ccc2c(C(CC3CC3)C(O)C(F)(F)F)c(-c3ccccc3)n(C)c2c1. The van der Waals surface area contributed by atoms with Gasteiger partial charge in [-0.25, -0.2) is 0 Å². The minimum absolute atomic E-state index is 0.256. The fraction of sp³-hybridized carbons (Fsp3) is 0.440. The van der Waals surface area contributed by atoms with Crippen LogP contribution >= 0.6 is 0 Å². The predicted octanol–water partition coefficient (Wildman–Crippen LogP) is 6.99. The Bertz CT molecular complexity index is 987.